The monoisotopic (exact) mass is 328 g/mol. The lowest BCUT2D eigenvalue weighted by Crippen LogP contribution is -2.29. The van der Waals surface area contributed by atoms with Crippen LogP contribution in [0.4, 0.5) is 14.6 Å². The molecule has 0 saturated carbocycles. The molecule has 0 bridgehead atoms. The lowest BCUT2D eigenvalue weighted by atomic mass is 10.3. The molecule has 0 aliphatic heterocycles. The van der Waals surface area contributed by atoms with Crippen LogP contribution in [0.1, 0.15) is 5.69 Å². The number of nitrogens with one attached hydrogen (secondary N) is 2. The van der Waals surface area contributed by atoms with Gasteiger partial charge in [0.2, 0.25) is 10.0 Å². The minimum absolute atomic E-state index is 0.0200. The van der Waals surface area contributed by atoms with Gasteiger partial charge in [-0.25, -0.2) is 21.9 Å². The Balaban J connectivity index is 1.93. The van der Waals surface area contributed by atoms with Crippen LogP contribution in [0.25, 0.3) is 0 Å². The summed E-state index contributed by atoms with van der Waals surface area (Å²) in [6, 6.07) is 5.71. The molecule has 22 heavy (non-hydrogen) atoms. The Kier molecular flexibility index (Phi) is 4.99. The van der Waals surface area contributed by atoms with Gasteiger partial charge in [0.1, 0.15) is 22.3 Å². The average Bonchev–Trinajstić information content (AvgIpc) is 2.48. The van der Waals surface area contributed by atoms with Crippen LogP contribution in [-0.2, 0) is 10.0 Å². The molecule has 0 radical (unpaired) electrons. The highest BCUT2D eigenvalue weighted by atomic mass is 32.2. The number of aryl methyl sites for hydroxylation is 1. The summed E-state index contributed by atoms with van der Waals surface area (Å²) in [4.78, 5) is -0.720. The van der Waals surface area contributed by atoms with Crippen molar-refractivity contribution in [3.8, 4) is 0 Å². The molecular formula is C13H14F2N4O2S. The van der Waals surface area contributed by atoms with Crippen molar-refractivity contribution in [2.45, 2.75) is 11.8 Å². The number of rotatable bonds is 6. The predicted octanol–water partition coefficient (Wildman–Crippen LogP) is 1.45. The van der Waals surface area contributed by atoms with Crippen molar-refractivity contribution in [1.29, 1.82) is 0 Å². The summed E-state index contributed by atoms with van der Waals surface area (Å²) in [5.41, 5.74) is 0.757. The fourth-order valence-electron chi connectivity index (χ4n) is 1.63. The van der Waals surface area contributed by atoms with E-state index in [4.69, 9.17) is 0 Å². The minimum Gasteiger partial charge on any atom is -0.367 e. The maximum atomic E-state index is 13.5. The maximum absolute atomic E-state index is 13.5. The Morgan fingerprint density at radius 1 is 1.09 bits per heavy atom. The molecule has 6 nitrogen and oxygen atoms in total. The van der Waals surface area contributed by atoms with Gasteiger partial charge < -0.3 is 5.32 Å². The number of nitrogens with zero attached hydrogens (tertiary/aromatic N) is 2. The lowest BCUT2D eigenvalue weighted by molar-refractivity contribution is 0.546. The van der Waals surface area contributed by atoms with Crippen molar-refractivity contribution in [1.82, 2.24) is 14.9 Å². The summed E-state index contributed by atoms with van der Waals surface area (Å²) in [7, 11) is -4.12. The molecule has 2 N–H and O–H groups in total. The van der Waals surface area contributed by atoms with Gasteiger partial charge in [-0.15, -0.1) is 5.10 Å². The van der Waals surface area contributed by atoms with E-state index in [1.165, 1.54) is 0 Å². The van der Waals surface area contributed by atoms with Crippen molar-refractivity contribution < 1.29 is 17.2 Å². The minimum atomic E-state index is -4.12. The van der Waals surface area contributed by atoms with E-state index in [0.29, 0.717) is 11.9 Å². The van der Waals surface area contributed by atoms with E-state index in [9.17, 15) is 17.2 Å². The maximum Gasteiger partial charge on any atom is 0.243 e. The van der Waals surface area contributed by atoms with Crippen LogP contribution in [0.15, 0.2) is 35.2 Å². The van der Waals surface area contributed by atoms with Gasteiger partial charge in [0.05, 0.1) is 5.69 Å². The Bertz CT molecular complexity index is 751. The third-order valence-corrected chi connectivity index (χ3v) is 4.18. The van der Waals surface area contributed by atoms with Crippen molar-refractivity contribution in [3.05, 3.63) is 47.7 Å². The topological polar surface area (TPSA) is 84.0 Å². The highest BCUT2D eigenvalue weighted by Gasteiger charge is 2.19. The predicted molar refractivity (Wildman–Crippen MR) is 76.8 cm³/mol. The second-order valence-corrected chi connectivity index (χ2v) is 6.19. The summed E-state index contributed by atoms with van der Waals surface area (Å²) in [6.45, 7) is 1.99. The smallest absolute Gasteiger partial charge is 0.243 e. The highest BCUT2D eigenvalue weighted by molar-refractivity contribution is 7.89. The Morgan fingerprint density at radius 2 is 1.86 bits per heavy atom. The number of benzene rings is 1. The Morgan fingerprint density at radius 3 is 2.55 bits per heavy atom. The molecule has 1 heterocycles. The number of aromatic nitrogens is 2. The second kappa shape index (κ2) is 6.75. The van der Waals surface area contributed by atoms with Crippen LogP contribution >= 0.6 is 0 Å². The molecule has 1 aromatic carbocycles. The molecule has 0 saturated heterocycles. The highest BCUT2D eigenvalue weighted by Crippen LogP contribution is 2.15. The van der Waals surface area contributed by atoms with Gasteiger partial charge >= 0.3 is 0 Å². The molecule has 0 amide bonds. The number of halogens is 2. The zero-order valence-corrected chi connectivity index (χ0v) is 12.5. The summed E-state index contributed by atoms with van der Waals surface area (Å²) in [6.07, 6.45) is 0. The van der Waals surface area contributed by atoms with Gasteiger partial charge in [-0.1, -0.05) is 0 Å². The summed E-state index contributed by atoms with van der Waals surface area (Å²) < 4.78 is 52.4. The normalized spacial score (nSPS) is 11.4. The van der Waals surface area contributed by atoms with Crippen LogP contribution in [0.3, 0.4) is 0 Å². The van der Waals surface area contributed by atoms with E-state index in [1.807, 2.05) is 0 Å². The van der Waals surface area contributed by atoms with Gasteiger partial charge in [-0.3, -0.25) is 0 Å². The summed E-state index contributed by atoms with van der Waals surface area (Å²) in [5, 5.41) is 10.5. The number of hydrogen-bond acceptors (Lipinski definition) is 5. The van der Waals surface area contributed by atoms with E-state index < -0.39 is 26.6 Å². The van der Waals surface area contributed by atoms with Crippen LogP contribution in [0.2, 0.25) is 0 Å². The van der Waals surface area contributed by atoms with E-state index >= 15 is 0 Å². The number of anilines is 1. The lowest BCUT2D eigenvalue weighted by Gasteiger charge is -2.09. The summed E-state index contributed by atoms with van der Waals surface area (Å²) in [5.74, 6) is -1.34. The Labute approximate surface area is 126 Å². The molecule has 0 spiro atoms. The fraction of sp³-hybridized carbons (Fsp3) is 0.231. The van der Waals surface area contributed by atoms with E-state index in [-0.39, 0.29) is 13.1 Å². The van der Waals surface area contributed by atoms with E-state index in [0.717, 1.165) is 17.8 Å². The van der Waals surface area contributed by atoms with Crippen LogP contribution in [0.5, 0.6) is 0 Å². The molecule has 9 heteroatoms. The van der Waals surface area contributed by atoms with Crippen molar-refractivity contribution in [2.24, 2.45) is 0 Å². The van der Waals surface area contributed by atoms with E-state index in [2.05, 4.69) is 20.2 Å². The first-order valence-electron chi connectivity index (χ1n) is 6.37. The third-order valence-electron chi connectivity index (χ3n) is 2.70. The molecule has 0 aliphatic carbocycles. The van der Waals surface area contributed by atoms with Crippen molar-refractivity contribution in [2.75, 3.05) is 18.4 Å². The third kappa shape index (κ3) is 4.18. The molecule has 2 aromatic rings. The largest absolute Gasteiger partial charge is 0.367 e. The molecule has 0 unspecified atom stereocenters. The molecular weight excluding hydrogens is 314 g/mol. The SMILES string of the molecule is Cc1ccc(NCCNS(=O)(=O)c2cc(F)ccc2F)nn1. The molecule has 118 valence electrons. The molecule has 0 fully saturated rings. The van der Waals surface area contributed by atoms with Gasteiger partial charge in [0.25, 0.3) is 0 Å². The number of hydrogen-bond donors (Lipinski definition) is 2. The second-order valence-electron chi connectivity index (χ2n) is 4.46. The molecule has 0 atom stereocenters. The van der Waals surface area contributed by atoms with Gasteiger partial charge in [-0.05, 0) is 37.3 Å². The average molecular weight is 328 g/mol. The van der Waals surface area contributed by atoms with E-state index in [1.54, 1.807) is 19.1 Å². The van der Waals surface area contributed by atoms with Crippen LogP contribution in [-0.4, -0.2) is 31.7 Å². The molecule has 1 aromatic heterocycles. The first-order chi connectivity index (χ1) is 10.4. The molecule has 0 aliphatic rings. The van der Waals surface area contributed by atoms with Gasteiger partial charge in [0, 0.05) is 13.1 Å². The van der Waals surface area contributed by atoms with Crippen molar-refractivity contribution >= 4 is 15.8 Å². The fourth-order valence-corrected chi connectivity index (χ4v) is 2.75. The first kappa shape index (κ1) is 16.2. The number of sulfonamides is 1. The van der Waals surface area contributed by atoms with Gasteiger partial charge in [0.15, 0.2) is 0 Å². The van der Waals surface area contributed by atoms with Crippen LogP contribution in [0, 0.1) is 18.6 Å². The summed E-state index contributed by atoms with van der Waals surface area (Å²) >= 11 is 0. The zero-order chi connectivity index (χ0) is 16.2. The van der Waals surface area contributed by atoms with Crippen LogP contribution < -0.4 is 10.0 Å². The standard InChI is InChI=1S/C13H14F2N4O2S/c1-9-2-5-13(19-18-9)16-6-7-17-22(20,21)12-8-10(14)3-4-11(12)15/h2-5,8,17H,6-7H2,1H3,(H,16,19). The van der Waals surface area contributed by atoms with Crippen molar-refractivity contribution in [3.63, 3.8) is 0 Å². The molecule has 2 rings (SSSR count). The van der Waals surface area contributed by atoms with Gasteiger partial charge in [-0.2, -0.15) is 5.10 Å². The first-order valence-corrected chi connectivity index (χ1v) is 7.86. The Hall–Kier alpha value is -2.13. The quantitative estimate of drug-likeness (QED) is 0.784. The zero-order valence-electron chi connectivity index (χ0n) is 11.7.